The lowest BCUT2D eigenvalue weighted by atomic mass is 10.2. The van der Waals surface area contributed by atoms with Crippen LogP contribution in [0.15, 0.2) is 30.3 Å². The molecule has 0 aliphatic carbocycles. The number of anilines is 1. The summed E-state index contributed by atoms with van der Waals surface area (Å²) in [6.45, 7) is 6.32. The quantitative estimate of drug-likeness (QED) is 0.618. The van der Waals surface area contributed by atoms with Crippen LogP contribution in [-0.4, -0.2) is 38.7 Å². The molecule has 0 saturated heterocycles. The van der Waals surface area contributed by atoms with Gasteiger partial charge >= 0.3 is 0 Å². The summed E-state index contributed by atoms with van der Waals surface area (Å²) in [7, 11) is 0. The first-order valence-electron chi connectivity index (χ1n) is 8.70. The summed E-state index contributed by atoms with van der Waals surface area (Å²) < 4.78 is 15.5. The van der Waals surface area contributed by atoms with E-state index in [9.17, 15) is 9.18 Å². The Kier molecular flexibility index (Phi) is 5.89. The molecule has 0 aliphatic rings. The molecular formula is C19H20ClFN6O. The monoisotopic (exact) mass is 402 g/mol. The third-order valence-electron chi connectivity index (χ3n) is 3.96. The summed E-state index contributed by atoms with van der Waals surface area (Å²) in [5, 5.41) is 10.3. The molecule has 9 heteroatoms. The van der Waals surface area contributed by atoms with Crippen LogP contribution in [0.25, 0.3) is 5.82 Å². The summed E-state index contributed by atoms with van der Waals surface area (Å²) >= 11 is 5.90. The molecule has 0 aliphatic heterocycles. The Morgan fingerprint density at radius 1 is 1.18 bits per heavy atom. The van der Waals surface area contributed by atoms with Crippen LogP contribution < -0.4 is 10.6 Å². The second-order valence-electron chi connectivity index (χ2n) is 6.28. The number of aryl methyl sites for hydroxylation is 3. The molecule has 3 aromatic rings. The van der Waals surface area contributed by atoms with E-state index in [1.54, 1.807) is 17.7 Å². The van der Waals surface area contributed by atoms with Gasteiger partial charge in [-0.15, -0.1) is 0 Å². The molecule has 28 heavy (non-hydrogen) atoms. The summed E-state index contributed by atoms with van der Waals surface area (Å²) in [6, 6.07) is 7.87. The molecule has 0 radical (unpaired) electrons. The molecule has 2 heterocycles. The number of rotatable bonds is 6. The van der Waals surface area contributed by atoms with Crippen molar-refractivity contribution in [3.05, 3.63) is 63.9 Å². The topological polar surface area (TPSA) is 84.7 Å². The number of halogens is 2. The van der Waals surface area contributed by atoms with Gasteiger partial charge in [0.2, 0.25) is 0 Å². The molecular weight excluding hydrogens is 383 g/mol. The Morgan fingerprint density at radius 2 is 1.96 bits per heavy atom. The van der Waals surface area contributed by atoms with Crippen molar-refractivity contribution in [3.8, 4) is 5.82 Å². The molecule has 1 aromatic carbocycles. The Bertz CT molecular complexity index is 999. The van der Waals surface area contributed by atoms with Crippen LogP contribution in [-0.2, 0) is 0 Å². The van der Waals surface area contributed by atoms with Gasteiger partial charge in [0.15, 0.2) is 5.82 Å². The van der Waals surface area contributed by atoms with Gasteiger partial charge in [-0.2, -0.15) is 5.10 Å². The van der Waals surface area contributed by atoms with E-state index in [-0.39, 0.29) is 17.1 Å². The normalized spacial score (nSPS) is 10.8. The van der Waals surface area contributed by atoms with Crippen molar-refractivity contribution in [2.24, 2.45) is 0 Å². The van der Waals surface area contributed by atoms with Crippen molar-refractivity contribution in [2.45, 2.75) is 20.8 Å². The number of nitrogens with zero attached hydrogens (tertiary/aromatic N) is 4. The fraction of sp³-hybridized carbons (Fsp3) is 0.263. The number of carbonyl (C=O) groups excluding carboxylic acids is 1. The summed E-state index contributed by atoms with van der Waals surface area (Å²) in [6.07, 6.45) is 0. The Morgan fingerprint density at radius 3 is 2.64 bits per heavy atom. The molecule has 146 valence electrons. The van der Waals surface area contributed by atoms with Gasteiger partial charge in [-0.3, -0.25) is 4.79 Å². The van der Waals surface area contributed by atoms with Crippen molar-refractivity contribution >= 4 is 23.3 Å². The Hall–Kier alpha value is -3.00. The molecule has 0 atom stereocenters. The van der Waals surface area contributed by atoms with E-state index in [0.29, 0.717) is 24.0 Å². The van der Waals surface area contributed by atoms with Crippen molar-refractivity contribution < 1.29 is 9.18 Å². The van der Waals surface area contributed by atoms with E-state index >= 15 is 0 Å². The van der Waals surface area contributed by atoms with Crippen molar-refractivity contribution in [3.63, 3.8) is 0 Å². The summed E-state index contributed by atoms with van der Waals surface area (Å²) in [5.74, 6) is 0.636. The number of nitrogens with one attached hydrogen (secondary N) is 2. The van der Waals surface area contributed by atoms with Crippen LogP contribution in [0.1, 0.15) is 27.6 Å². The maximum absolute atomic E-state index is 13.8. The van der Waals surface area contributed by atoms with Gasteiger partial charge < -0.3 is 10.6 Å². The van der Waals surface area contributed by atoms with Gasteiger partial charge in [0.1, 0.15) is 17.5 Å². The van der Waals surface area contributed by atoms with Gasteiger partial charge in [-0.25, -0.2) is 19.0 Å². The van der Waals surface area contributed by atoms with Crippen LogP contribution in [0.4, 0.5) is 10.2 Å². The molecule has 3 rings (SSSR count). The molecule has 0 fully saturated rings. The number of benzene rings is 1. The highest BCUT2D eigenvalue weighted by molar-refractivity contribution is 6.33. The lowest BCUT2D eigenvalue weighted by Crippen LogP contribution is -2.29. The van der Waals surface area contributed by atoms with Gasteiger partial charge in [0.05, 0.1) is 16.3 Å². The summed E-state index contributed by atoms with van der Waals surface area (Å²) in [5.41, 5.74) is 1.71. The standard InChI is InChI=1S/C19H20ClFN6O/c1-11-9-12(2)27(26-11)17-10-16(24-13(3)25-17)22-7-8-23-19(28)18-14(20)5-4-6-15(18)21/h4-6,9-10H,7-8H2,1-3H3,(H,23,28)(H,22,24,25). The largest absolute Gasteiger partial charge is 0.368 e. The fourth-order valence-corrected chi connectivity index (χ4v) is 3.03. The Balaban J connectivity index is 1.62. The predicted octanol–water partition coefficient (Wildman–Crippen LogP) is 3.22. The number of hydrogen-bond acceptors (Lipinski definition) is 5. The molecule has 0 bridgehead atoms. The predicted molar refractivity (Wildman–Crippen MR) is 106 cm³/mol. The van der Waals surface area contributed by atoms with E-state index in [4.69, 9.17) is 11.6 Å². The van der Waals surface area contributed by atoms with E-state index in [0.717, 1.165) is 11.4 Å². The molecule has 2 aromatic heterocycles. The lowest BCUT2D eigenvalue weighted by molar-refractivity contribution is 0.0951. The SMILES string of the molecule is Cc1cc(C)n(-c2cc(NCCNC(=O)c3c(F)cccc3Cl)nc(C)n2)n1. The maximum atomic E-state index is 13.8. The van der Waals surface area contributed by atoms with Crippen LogP contribution in [0.2, 0.25) is 5.02 Å². The molecule has 0 unspecified atom stereocenters. The second-order valence-corrected chi connectivity index (χ2v) is 6.68. The highest BCUT2D eigenvalue weighted by Gasteiger charge is 2.15. The fourth-order valence-electron chi connectivity index (χ4n) is 2.78. The Labute approximate surface area is 167 Å². The molecule has 0 saturated carbocycles. The highest BCUT2D eigenvalue weighted by Crippen LogP contribution is 2.18. The molecule has 2 N–H and O–H groups in total. The third-order valence-corrected chi connectivity index (χ3v) is 4.27. The van der Waals surface area contributed by atoms with E-state index in [2.05, 4.69) is 25.7 Å². The van der Waals surface area contributed by atoms with E-state index in [1.807, 2.05) is 19.9 Å². The van der Waals surface area contributed by atoms with Crippen LogP contribution in [0, 0.1) is 26.6 Å². The maximum Gasteiger partial charge on any atom is 0.255 e. The average molecular weight is 403 g/mol. The van der Waals surface area contributed by atoms with Crippen LogP contribution >= 0.6 is 11.6 Å². The summed E-state index contributed by atoms with van der Waals surface area (Å²) in [4.78, 5) is 20.9. The van der Waals surface area contributed by atoms with E-state index < -0.39 is 11.7 Å². The lowest BCUT2D eigenvalue weighted by Gasteiger charge is -2.11. The van der Waals surface area contributed by atoms with Gasteiger partial charge in [0, 0.05) is 24.8 Å². The van der Waals surface area contributed by atoms with Crippen molar-refractivity contribution in [1.82, 2.24) is 25.1 Å². The zero-order chi connectivity index (χ0) is 20.3. The molecule has 7 nitrogen and oxygen atoms in total. The zero-order valence-electron chi connectivity index (χ0n) is 15.8. The van der Waals surface area contributed by atoms with Crippen molar-refractivity contribution in [1.29, 1.82) is 0 Å². The number of carbonyl (C=O) groups is 1. The minimum Gasteiger partial charge on any atom is -0.368 e. The van der Waals surface area contributed by atoms with Gasteiger partial charge in [-0.1, -0.05) is 17.7 Å². The first kappa shape index (κ1) is 19.8. The first-order chi connectivity index (χ1) is 13.3. The first-order valence-corrected chi connectivity index (χ1v) is 9.08. The van der Waals surface area contributed by atoms with E-state index in [1.165, 1.54) is 18.2 Å². The van der Waals surface area contributed by atoms with Crippen LogP contribution in [0.5, 0.6) is 0 Å². The number of hydrogen-bond donors (Lipinski definition) is 2. The van der Waals surface area contributed by atoms with Crippen LogP contribution in [0.3, 0.4) is 0 Å². The minimum atomic E-state index is -0.654. The number of aromatic nitrogens is 4. The highest BCUT2D eigenvalue weighted by atomic mass is 35.5. The smallest absolute Gasteiger partial charge is 0.255 e. The minimum absolute atomic E-state index is 0.0754. The molecule has 1 amide bonds. The average Bonchev–Trinajstić information content (AvgIpc) is 2.96. The third kappa shape index (κ3) is 4.45. The van der Waals surface area contributed by atoms with Gasteiger partial charge in [0.25, 0.3) is 5.91 Å². The zero-order valence-corrected chi connectivity index (χ0v) is 16.5. The number of amides is 1. The second kappa shape index (κ2) is 8.35. The van der Waals surface area contributed by atoms with Gasteiger partial charge in [-0.05, 0) is 39.0 Å². The molecule has 0 spiro atoms. The van der Waals surface area contributed by atoms with Crippen molar-refractivity contribution in [2.75, 3.05) is 18.4 Å².